The lowest BCUT2D eigenvalue weighted by molar-refractivity contribution is -0.144. The molecule has 0 aromatic carbocycles. The van der Waals surface area contributed by atoms with Gasteiger partial charge in [0.25, 0.3) is 0 Å². The van der Waals surface area contributed by atoms with Crippen molar-refractivity contribution in [3.05, 3.63) is 0 Å². The van der Waals surface area contributed by atoms with Gasteiger partial charge in [0.05, 0.1) is 0 Å². The van der Waals surface area contributed by atoms with Gasteiger partial charge in [-0.2, -0.15) is 0 Å². The molecule has 0 bridgehead atoms. The Morgan fingerprint density at radius 1 is 1.41 bits per heavy atom. The molecule has 0 fully saturated rings. The number of hydrogen-bond donors (Lipinski definition) is 2. The van der Waals surface area contributed by atoms with Crippen molar-refractivity contribution < 1.29 is 9.90 Å². The lowest BCUT2D eigenvalue weighted by Crippen LogP contribution is -2.48. The maximum Gasteiger partial charge on any atom is 0.323 e. The van der Waals surface area contributed by atoms with E-state index in [1.54, 1.807) is 14.0 Å². The standard InChI is InChI=1S/C13H28N2O2/c1-6-9-15(11(2)3)10-7-8-13(4,14-5)12(16)17/h11,14H,6-10H2,1-5H3,(H,16,17). The van der Waals surface area contributed by atoms with Gasteiger partial charge in [0, 0.05) is 6.04 Å². The zero-order valence-corrected chi connectivity index (χ0v) is 11.9. The molecule has 0 radical (unpaired) electrons. The molecule has 1 unspecified atom stereocenters. The second-order valence-corrected chi connectivity index (χ2v) is 5.12. The summed E-state index contributed by atoms with van der Waals surface area (Å²) in [5, 5.41) is 12.0. The highest BCUT2D eigenvalue weighted by Gasteiger charge is 2.30. The van der Waals surface area contributed by atoms with Crippen LogP contribution in [-0.4, -0.2) is 47.7 Å². The van der Waals surface area contributed by atoms with Crippen LogP contribution in [0.1, 0.15) is 47.0 Å². The fraction of sp³-hybridized carbons (Fsp3) is 0.923. The van der Waals surface area contributed by atoms with Gasteiger partial charge in [-0.05, 0) is 60.2 Å². The SMILES string of the molecule is CCCN(CCCC(C)(NC)C(=O)O)C(C)C. The first-order valence-corrected chi connectivity index (χ1v) is 6.53. The first kappa shape index (κ1) is 16.4. The number of carbonyl (C=O) groups is 1. The van der Waals surface area contributed by atoms with Gasteiger partial charge in [-0.1, -0.05) is 6.92 Å². The van der Waals surface area contributed by atoms with Crippen molar-refractivity contribution in [2.45, 2.75) is 58.5 Å². The predicted octanol–water partition coefficient (Wildman–Crippen LogP) is 1.95. The van der Waals surface area contributed by atoms with Crippen molar-refractivity contribution in [1.29, 1.82) is 0 Å². The molecule has 0 saturated heterocycles. The molecule has 0 aliphatic rings. The van der Waals surface area contributed by atoms with Crippen molar-refractivity contribution in [2.75, 3.05) is 20.1 Å². The molecule has 0 rings (SSSR count). The smallest absolute Gasteiger partial charge is 0.323 e. The largest absolute Gasteiger partial charge is 0.480 e. The number of rotatable bonds is 9. The Morgan fingerprint density at radius 2 is 2.00 bits per heavy atom. The van der Waals surface area contributed by atoms with Gasteiger partial charge in [-0.25, -0.2) is 0 Å². The minimum absolute atomic E-state index is 0.528. The fourth-order valence-electron chi connectivity index (χ4n) is 1.89. The van der Waals surface area contributed by atoms with Gasteiger partial charge in [0.1, 0.15) is 5.54 Å². The summed E-state index contributed by atoms with van der Waals surface area (Å²) in [5.74, 6) is -0.772. The Hall–Kier alpha value is -0.610. The minimum atomic E-state index is -0.797. The lowest BCUT2D eigenvalue weighted by atomic mass is 9.96. The van der Waals surface area contributed by atoms with E-state index >= 15 is 0 Å². The number of carboxylic acids is 1. The van der Waals surface area contributed by atoms with E-state index in [1.807, 2.05) is 0 Å². The molecule has 4 nitrogen and oxygen atoms in total. The average Bonchev–Trinajstić information content (AvgIpc) is 2.27. The van der Waals surface area contributed by atoms with Crippen molar-refractivity contribution in [3.8, 4) is 0 Å². The Kier molecular flexibility index (Phi) is 7.39. The number of likely N-dealkylation sites (N-methyl/N-ethyl adjacent to an activating group) is 1. The van der Waals surface area contributed by atoms with E-state index in [0.717, 1.165) is 25.9 Å². The quantitative estimate of drug-likeness (QED) is 0.651. The van der Waals surface area contributed by atoms with Crippen LogP contribution in [-0.2, 0) is 4.79 Å². The van der Waals surface area contributed by atoms with Gasteiger partial charge >= 0.3 is 5.97 Å². The van der Waals surface area contributed by atoms with Crippen molar-refractivity contribution in [1.82, 2.24) is 10.2 Å². The van der Waals surface area contributed by atoms with Crippen molar-refractivity contribution >= 4 is 5.97 Å². The van der Waals surface area contributed by atoms with Crippen LogP contribution in [0.25, 0.3) is 0 Å². The van der Waals surface area contributed by atoms with Gasteiger partial charge < -0.3 is 15.3 Å². The highest BCUT2D eigenvalue weighted by atomic mass is 16.4. The molecule has 17 heavy (non-hydrogen) atoms. The van der Waals surface area contributed by atoms with E-state index in [1.165, 1.54) is 0 Å². The van der Waals surface area contributed by atoms with Crippen LogP contribution in [0.15, 0.2) is 0 Å². The highest BCUT2D eigenvalue weighted by molar-refractivity contribution is 5.78. The van der Waals surface area contributed by atoms with E-state index in [2.05, 4.69) is 31.0 Å². The fourth-order valence-corrected chi connectivity index (χ4v) is 1.89. The maximum atomic E-state index is 11.1. The molecule has 1 atom stereocenters. The van der Waals surface area contributed by atoms with Gasteiger partial charge in [0.2, 0.25) is 0 Å². The molecule has 2 N–H and O–H groups in total. The Balaban J connectivity index is 4.14. The Labute approximate surface area is 105 Å². The van der Waals surface area contributed by atoms with Crippen molar-refractivity contribution in [2.24, 2.45) is 0 Å². The molecule has 0 saturated carbocycles. The summed E-state index contributed by atoms with van der Waals surface area (Å²) < 4.78 is 0. The second-order valence-electron chi connectivity index (χ2n) is 5.12. The van der Waals surface area contributed by atoms with Crippen LogP contribution in [0, 0.1) is 0 Å². The normalized spacial score (nSPS) is 15.2. The topological polar surface area (TPSA) is 52.6 Å². The van der Waals surface area contributed by atoms with Crippen LogP contribution in [0.2, 0.25) is 0 Å². The van der Waals surface area contributed by atoms with E-state index in [-0.39, 0.29) is 0 Å². The summed E-state index contributed by atoms with van der Waals surface area (Å²) in [6.45, 7) is 10.3. The Morgan fingerprint density at radius 3 is 2.35 bits per heavy atom. The van der Waals surface area contributed by atoms with E-state index in [0.29, 0.717) is 12.5 Å². The summed E-state index contributed by atoms with van der Waals surface area (Å²) in [4.78, 5) is 13.5. The summed E-state index contributed by atoms with van der Waals surface area (Å²) in [6.07, 6.45) is 2.70. The molecule has 102 valence electrons. The number of nitrogens with one attached hydrogen (secondary N) is 1. The summed E-state index contributed by atoms with van der Waals surface area (Å²) in [7, 11) is 1.71. The van der Waals surface area contributed by atoms with E-state index < -0.39 is 11.5 Å². The summed E-state index contributed by atoms with van der Waals surface area (Å²) >= 11 is 0. The molecule has 0 heterocycles. The first-order valence-electron chi connectivity index (χ1n) is 6.53. The van der Waals surface area contributed by atoms with E-state index in [9.17, 15) is 4.79 Å². The van der Waals surface area contributed by atoms with E-state index in [4.69, 9.17) is 5.11 Å². The molecular formula is C13H28N2O2. The van der Waals surface area contributed by atoms with Crippen LogP contribution >= 0.6 is 0 Å². The van der Waals surface area contributed by atoms with Crippen LogP contribution in [0.4, 0.5) is 0 Å². The third-order valence-corrected chi connectivity index (χ3v) is 3.39. The number of aliphatic carboxylic acids is 1. The van der Waals surface area contributed by atoms with Crippen LogP contribution in [0.3, 0.4) is 0 Å². The van der Waals surface area contributed by atoms with Crippen molar-refractivity contribution in [3.63, 3.8) is 0 Å². The Bertz CT molecular complexity index is 231. The maximum absolute atomic E-state index is 11.1. The summed E-state index contributed by atoms with van der Waals surface area (Å²) in [6, 6.07) is 0.528. The number of hydrogen-bond acceptors (Lipinski definition) is 3. The van der Waals surface area contributed by atoms with Crippen LogP contribution in [0.5, 0.6) is 0 Å². The molecule has 0 spiro atoms. The predicted molar refractivity (Wildman–Crippen MR) is 71.3 cm³/mol. The minimum Gasteiger partial charge on any atom is -0.480 e. The average molecular weight is 244 g/mol. The third-order valence-electron chi connectivity index (χ3n) is 3.39. The molecule has 0 aliphatic heterocycles. The molecule has 0 amide bonds. The zero-order chi connectivity index (χ0) is 13.5. The second kappa shape index (κ2) is 7.67. The molecule has 0 aromatic rings. The lowest BCUT2D eigenvalue weighted by Gasteiger charge is -2.29. The molecule has 0 aromatic heterocycles. The zero-order valence-electron chi connectivity index (χ0n) is 11.9. The van der Waals surface area contributed by atoms with Gasteiger partial charge in [0.15, 0.2) is 0 Å². The van der Waals surface area contributed by atoms with Gasteiger partial charge in [-0.3, -0.25) is 4.79 Å². The van der Waals surface area contributed by atoms with Gasteiger partial charge in [-0.15, -0.1) is 0 Å². The summed E-state index contributed by atoms with van der Waals surface area (Å²) in [5.41, 5.74) is -0.797. The third kappa shape index (κ3) is 5.50. The number of nitrogens with zero attached hydrogens (tertiary/aromatic N) is 1. The molecule has 4 heteroatoms. The molecule has 0 aliphatic carbocycles. The monoisotopic (exact) mass is 244 g/mol. The highest BCUT2D eigenvalue weighted by Crippen LogP contribution is 2.13. The van der Waals surface area contributed by atoms with Crippen LogP contribution < -0.4 is 5.32 Å². The number of carboxylic acid groups (broad SMARTS) is 1. The first-order chi connectivity index (χ1) is 7.87. The molecular weight excluding hydrogens is 216 g/mol.